The zero-order valence-corrected chi connectivity index (χ0v) is 18.7. The minimum Gasteiger partial charge on any atom is -0.483 e. The summed E-state index contributed by atoms with van der Waals surface area (Å²) in [6, 6.07) is 6.25. The number of hydrogen-bond acceptors (Lipinski definition) is 7. The van der Waals surface area contributed by atoms with Gasteiger partial charge in [0.1, 0.15) is 0 Å². The SMILES string of the molecule is COCCNc1ccc2c(c1)c(C(=O)N[C@H]1CN3CCC1CC3)nn2CCOC.O=CO. The van der Waals surface area contributed by atoms with Crippen LogP contribution in [0, 0.1) is 5.92 Å². The van der Waals surface area contributed by atoms with E-state index in [-0.39, 0.29) is 18.4 Å². The maximum absolute atomic E-state index is 13.2. The van der Waals surface area contributed by atoms with Gasteiger partial charge in [-0.25, -0.2) is 0 Å². The third-order valence-corrected chi connectivity index (χ3v) is 6.08. The maximum atomic E-state index is 13.2. The highest BCUT2D eigenvalue weighted by Crippen LogP contribution is 2.28. The summed E-state index contributed by atoms with van der Waals surface area (Å²) in [6.45, 7) is 5.49. The Kier molecular flexibility index (Phi) is 8.83. The van der Waals surface area contributed by atoms with Crippen LogP contribution in [0.3, 0.4) is 0 Å². The van der Waals surface area contributed by atoms with E-state index >= 15 is 0 Å². The highest BCUT2D eigenvalue weighted by Gasteiger charge is 2.35. The number of ether oxygens (including phenoxy) is 2. The fraction of sp³-hybridized carbons (Fsp3) is 0.591. The van der Waals surface area contributed by atoms with Gasteiger partial charge < -0.3 is 30.1 Å². The highest BCUT2D eigenvalue weighted by molar-refractivity contribution is 6.05. The molecule has 3 aliphatic heterocycles. The summed E-state index contributed by atoms with van der Waals surface area (Å²) in [5.74, 6) is 0.496. The molecule has 1 aromatic heterocycles. The molecule has 2 aromatic rings. The monoisotopic (exact) mass is 447 g/mol. The summed E-state index contributed by atoms with van der Waals surface area (Å²) >= 11 is 0. The quantitative estimate of drug-likeness (QED) is 0.389. The molecule has 3 fully saturated rings. The number of aromatic nitrogens is 2. The Morgan fingerprint density at radius 3 is 2.59 bits per heavy atom. The van der Waals surface area contributed by atoms with Gasteiger partial charge in [-0.3, -0.25) is 14.3 Å². The van der Waals surface area contributed by atoms with Gasteiger partial charge in [0.15, 0.2) is 5.69 Å². The van der Waals surface area contributed by atoms with Gasteiger partial charge in [0.05, 0.1) is 25.3 Å². The van der Waals surface area contributed by atoms with Crippen LogP contribution in [-0.4, -0.2) is 91.8 Å². The average Bonchev–Trinajstić information content (AvgIpc) is 3.17. The second-order valence-electron chi connectivity index (χ2n) is 8.04. The molecule has 0 saturated carbocycles. The fourth-order valence-corrected chi connectivity index (χ4v) is 4.47. The van der Waals surface area contributed by atoms with Gasteiger partial charge in [0.25, 0.3) is 12.4 Å². The molecule has 3 aliphatic rings. The lowest BCUT2D eigenvalue weighted by molar-refractivity contribution is -0.122. The lowest BCUT2D eigenvalue weighted by atomic mass is 9.84. The van der Waals surface area contributed by atoms with E-state index in [1.165, 1.54) is 12.8 Å². The van der Waals surface area contributed by atoms with Gasteiger partial charge in [0.2, 0.25) is 0 Å². The van der Waals surface area contributed by atoms with Gasteiger partial charge in [-0.05, 0) is 50.0 Å². The number of methoxy groups -OCH3 is 2. The smallest absolute Gasteiger partial charge is 0.290 e. The Labute approximate surface area is 187 Å². The van der Waals surface area contributed by atoms with Crippen molar-refractivity contribution in [3.63, 3.8) is 0 Å². The number of nitrogens with zero attached hydrogens (tertiary/aromatic N) is 3. The molecule has 176 valence electrons. The Balaban J connectivity index is 0.000000913. The topological polar surface area (TPSA) is 118 Å². The average molecular weight is 448 g/mol. The minimum absolute atomic E-state index is 0.0843. The minimum atomic E-state index is -0.250. The van der Waals surface area contributed by atoms with Crippen LogP contribution in [0.5, 0.6) is 0 Å². The number of carbonyl (C=O) groups excluding carboxylic acids is 1. The van der Waals surface area contributed by atoms with E-state index in [0.717, 1.165) is 36.2 Å². The molecule has 0 radical (unpaired) electrons. The first kappa shape index (κ1) is 24.0. The number of carboxylic acid groups (broad SMARTS) is 1. The van der Waals surface area contributed by atoms with Crippen LogP contribution >= 0.6 is 0 Å². The Morgan fingerprint density at radius 1 is 1.25 bits per heavy atom. The number of benzene rings is 1. The third-order valence-electron chi connectivity index (χ3n) is 6.08. The van der Waals surface area contributed by atoms with E-state index in [2.05, 4.69) is 20.6 Å². The third kappa shape index (κ3) is 5.76. The van der Waals surface area contributed by atoms with Crippen LogP contribution in [0.4, 0.5) is 5.69 Å². The van der Waals surface area contributed by atoms with Crippen LogP contribution in [0.15, 0.2) is 18.2 Å². The van der Waals surface area contributed by atoms with Crippen LogP contribution in [0.2, 0.25) is 0 Å². The molecular formula is C22H33N5O5. The summed E-state index contributed by atoms with van der Waals surface area (Å²) in [5.41, 5.74) is 2.39. The first-order valence-electron chi connectivity index (χ1n) is 10.9. The molecule has 0 spiro atoms. The first-order chi connectivity index (χ1) is 15.6. The van der Waals surface area contributed by atoms with E-state index in [9.17, 15) is 4.79 Å². The number of piperidine rings is 3. The largest absolute Gasteiger partial charge is 0.483 e. The number of rotatable bonds is 9. The van der Waals surface area contributed by atoms with Crippen molar-refractivity contribution in [3.05, 3.63) is 23.9 Å². The molecule has 10 heteroatoms. The Morgan fingerprint density at radius 2 is 1.97 bits per heavy atom. The zero-order valence-electron chi connectivity index (χ0n) is 18.7. The molecule has 3 N–H and O–H groups in total. The van der Waals surface area contributed by atoms with E-state index in [4.69, 9.17) is 19.4 Å². The van der Waals surface area contributed by atoms with Gasteiger partial charge >= 0.3 is 0 Å². The lowest BCUT2D eigenvalue weighted by Gasteiger charge is -2.44. The number of nitrogens with one attached hydrogen (secondary N) is 2. The second kappa shape index (κ2) is 11.8. The Bertz CT molecular complexity index is 894. The van der Waals surface area contributed by atoms with Crippen LogP contribution in [0.25, 0.3) is 10.9 Å². The molecule has 0 unspecified atom stereocenters. The maximum Gasteiger partial charge on any atom is 0.290 e. The highest BCUT2D eigenvalue weighted by atomic mass is 16.5. The summed E-state index contributed by atoms with van der Waals surface area (Å²) in [7, 11) is 3.35. The first-order valence-corrected chi connectivity index (χ1v) is 10.9. The summed E-state index contributed by atoms with van der Waals surface area (Å²) in [6.07, 6.45) is 2.34. The van der Waals surface area contributed by atoms with Crippen molar-refractivity contribution < 1.29 is 24.2 Å². The van der Waals surface area contributed by atoms with Crippen LogP contribution < -0.4 is 10.6 Å². The molecule has 10 nitrogen and oxygen atoms in total. The molecule has 1 aromatic carbocycles. The van der Waals surface area contributed by atoms with Crippen molar-refractivity contribution in [2.24, 2.45) is 5.92 Å². The zero-order chi connectivity index (χ0) is 22.9. The van der Waals surface area contributed by atoms with Crippen molar-refractivity contribution in [2.45, 2.75) is 25.4 Å². The van der Waals surface area contributed by atoms with Gasteiger partial charge in [-0.15, -0.1) is 0 Å². The summed E-state index contributed by atoms with van der Waals surface area (Å²) in [4.78, 5) is 24.0. The molecule has 1 amide bonds. The number of hydrogen-bond donors (Lipinski definition) is 3. The van der Waals surface area contributed by atoms with Gasteiger partial charge in [-0.2, -0.15) is 5.10 Å². The molecule has 3 saturated heterocycles. The summed E-state index contributed by atoms with van der Waals surface area (Å²) < 4.78 is 12.2. The number of carbonyl (C=O) groups is 2. The summed E-state index contributed by atoms with van der Waals surface area (Å²) in [5, 5.41) is 19.0. The molecular weight excluding hydrogens is 414 g/mol. The van der Waals surface area contributed by atoms with Gasteiger partial charge in [0, 0.05) is 44.4 Å². The van der Waals surface area contributed by atoms with Crippen molar-refractivity contribution >= 4 is 29.0 Å². The number of fused-ring (bicyclic) bond motifs is 4. The standard InChI is InChI=1S/C21H31N5O3.CH2O2/c1-28-11-7-22-16-3-4-19-17(13-16)20(24-26(19)10-12-29-2)21(27)23-18-14-25-8-5-15(18)6-9-25;2-1-3/h3-4,13,15,18,22H,5-12,14H2,1-2H3,(H,23,27);1H,(H,2,3)/t18-;/m0./s1. The number of amides is 1. The predicted molar refractivity (Wildman–Crippen MR) is 121 cm³/mol. The van der Waals surface area contributed by atoms with E-state index in [0.29, 0.717) is 37.9 Å². The molecule has 5 rings (SSSR count). The van der Waals surface area contributed by atoms with Crippen LogP contribution in [-0.2, 0) is 20.8 Å². The van der Waals surface area contributed by atoms with Gasteiger partial charge in [-0.1, -0.05) is 0 Å². The van der Waals surface area contributed by atoms with Crippen molar-refractivity contribution in [2.75, 3.05) is 58.9 Å². The molecule has 2 bridgehead atoms. The predicted octanol–water partition coefficient (Wildman–Crippen LogP) is 1.27. The lowest BCUT2D eigenvalue weighted by Crippen LogP contribution is -2.57. The van der Waals surface area contributed by atoms with E-state index < -0.39 is 0 Å². The van der Waals surface area contributed by atoms with E-state index in [1.54, 1.807) is 14.2 Å². The second-order valence-corrected chi connectivity index (χ2v) is 8.04. The Hall–Kier alpha value is -2.69. The van der Waals surface area contributed by atoms with Crippen LogP contribution in [0.1, 0.15) is 23.3 Å². The molecule has 1 atom stereocenters. The van der Waals surface area contributed by atoms with Crippen molar-refractivity contribution in [1.29, 1.82) is 0 Å². The van der Waals surface area contributed by atoms with Crippen molar-refractivity contribution in [3.8, 4) is 0 Å². The van der Waals surface area contributed by atoms with E-state index in [1.807, 2.05) is 22.9 Å². The fourth-order valence-electron chi connectivity index (χ4n) is 4.47. The molecule has 32 heavy (non-hydrogen) atoms. The van der Waals surface area contributed by atoms with Crippen molar-refractivity contribution in [1.82, 2.24) is 20.0 Å². The number of anilines is 1. The molecule has 4 heterocycles. The molecule has 0 aliphatic carbocycles. The normalized spacial score (nSPS) is 21.6.